The van der Waals surface area contributed by atoms with E-state index >= 15 is 0 Å². The number of sulfonamides is 1. The van der Waals surface area contributed by atoms with Crippen LogP contribution in [0.1, 0.15) is 28.9 Å². The highest BCUT2D eigenvalue weighted by atomic mass is 32.2. The summed E-state index contributed by atoms with van der Waals surface area (Å²) >= 11 is 0. The van der Waals surface area contributed by atoms with E-state index in [1.807, 2.05) is 35.0 Å². The minimum Gasteiger partial charge on any atom is -0.346 e. The third-order valence-corrected chi connectivity index (χ3v) is 6.54. The van der Waals surface area contributed by atoms with Crippen molar-refractivity contribution < 1.29 is 13.2 Å². The maximum Gasteiger partial charge on any atom is 0.251 e. The molecule has 0 radical (unpaired) electrons. The Balaban J connectivity index is 1.48. The zero-order chi connectivity index (χ0) is 18.9. The minimum atomic E-state index is -3.54. The molecule has 0 saturated carbocycles. The molecule has 0 atom stereocenters. The number of benzene rings is 1. The zero-order valence-corrected chi connectivity index (χ0v) is 15.5. The van der Waals surface area contributed by atoms with Gasteiger partial charge in [0.05, 0.1) is 17.1 Å². The van der Waals surface area contributed by atoms with E-state index in [-0.39, 0.29) is 17.3 Å². The van der Waals surface area contributed by atoms with Crippen molar-refractivity contribution in [3.63, 3.8) is 0 Å². The van der Waals surface area contributed by atoms with Crippen LogP contribution in [-0.2, 0) is 16.6 Å². The molecule has 27 heavy (non-hydrogen) atoms. The lowest BCUT2D eigenvalue weighted by Gasteiger charge is -2.16. The molecule has 1 saturated heterocycles. The molecule has 0 spiro atoms. The highest BCUT2D eigenvalue weighted by Crippen LogP contribution is 2.21. The largest absolute Gasteiger partial charge is 0.346 e. The van der Waals surface area contributed by atoms with E-state index < -0.39 is 10.0 Å². The Bertz CT molecular complexity index is 1050. The van der Waals surface area contributed by atoms with E-state index in [2.05, 4.69) is 10.3 Å². The van der Waals surface area contributed by atoms with Crippen LogP contribution in [0.4, 0.5) is 0 Å². The molecule has 1 N–H and O–H groups in total. The molecule has 1 aromatic carbocycles. The summed E-state index contributed by atoms with van der Waals surface area (Å²) < 4.78 is 28.7. The van der Waals surface area contributed by atoms with Crippen LogP contribution in [0, 0.1) is 0 Å². The maximum atomic E-state index is 12.7. The molecule has 7 nitrogen and oxygen atoms in total. The number of nitrogens with one attached hydrogen (secondary N) is 1. The predicted octanol–water partition coefficient (Wildman–Crippen LogP) is 2.05. The van der Waals surface area contributed by atoms with Crippen molar-refractivity contribution in [2.45, 2.75) is 24.3 Å². The van der Waals surface area contributed by atoms with E-state index in [1.54, 1.807) is 12.1 Å². The van der Waals surface area contributed by atoms with Gasteiger partial charge in [0.25, 0.3) is 5.91 Å². The molecule has 1 aliphatic heterocycles. The molecule has 1 amide bonds. The SMILES string of the molecule is O=C(NCc1cn2ccccc2n1)c1cccc(S(=O)(=O)N2CCCC2)c1. The average Bonchev–Trinajstić information content (AvgIpc) is 3.36. The molecule has 0 aliphatic carbocycles. The second-order valence-corrected chi connectivity index (χ2v) is 8.46. The van der Waals surface area contributed by atoms with E-state index in [4.69, 9.17) is 0 Å². The van der Waals surface area contributed by atoms with Gasteiger partial charge in [-0.2, -0.15) is 4.31 Å². The summed E-state index contributed by atoms with van der Waals surface area (Å²) in [5, 5.41) is 2.80. The summed E-state index contributed by atoms with van der Waals surface area (Å²) in [5.74, 6) is -0.328. The Morgan fingerprint density at radius 2 is 1.93 bits per heavy atom. The van der Waals surface area contributed by atoms with Crippen molar-refractivity contribution in [3.05, 3.63) is 66.1 Å². The smallest absolute Gasteiger partial charge is 0.251 e. The first-order valence-electron chi connectivity index (χ1n) is 8.85. The Kier molecular flexibility index (Phi) is 4.67. The van der Waals surface area contributed by atoms with Crippen molar-refractivity contribution in [2.75, 3.05) is 13.1 Å². The van der Waals surface area contributed by atoms with Crippen LogP contribution in [0.5, 0.6) is 0 Å². The lowest BCUT2D eigenvalue weighted by Crippen LogP contribution is -2.28. The summed E-state index contributed by atoms with van der Waals surface area (Å²) in [5.41, 5.74) is 1.86. The van der Waals surface area contributed by atoms with Crippen LogP contribution in [0.2, 0.25) is 0 Å². The van der Waals surface area contributed by atoms with Gasteiger partial charge in [-0.15, -0.1) is 0 Å². The summed E-state index contributed by atoms with van der Waals surface area (Å²) in [6.45, 7) is 1.34. The van der Waals surface area contributed by atoms with Crippen molar-refractivity contribution in [1.82, 2.24) is 19.0 Å². The molecular weight excluding hydrogens is 364 g/mol. The van der Waals surface area contributed by atoms with Crippen molar-refractivity contribution in [1.29, 1.82) is 0 Å². The number of hydrogen-bond donors (Lipinski definition) is 1. The molecule has 8 heteroatoms. The molecule has 4 rings (SSSR count). The fourth-order valence-corrected chi connectivity index (χ4v) is 4.78. The van der Waals surface area contributed by atoms with Gasteiger partial charge in [0, 0.05) is 31.0 Å². The molecule has 1 aliphatic rings. The van der Waals surface area contributed by atoms with Crippen LogP contribution in [-0.4, -0.2) is 41.1 Å². The van der Waals surface area contributed by atoms with Gasteiger partial charge in [-0.05, 0) is 43.2 Å². The monoisotopic (exact) mass is 384 g/mol. The van der Waals surface area contributed by atoms with Crippen LogP contribution < -0.4 is 5.32 Å². The molecule has 2 aromatic heterocycles. The maximum absolute atomic E-state index is 12.7. The van der Waals surface area contributed by atoms with Gasteiger partial charge in [-0.3, -0.25) is 4.79 Å². The molecule has 140 valence electrons. The van der Waals surface area contributed by atoms with Gasteiger partial charge in [0.1, 0.15) is 5.65 Å². The minimum absolute atomic E-state index is 0.157. The van der Waals surface area contributed by atoms with Gasteiger partial charge >= 0.3 is 0 Å². The second kappa shape index (κ2) is 7.13. The third kappa shape index (κ3) is 3.58. The van der Waals surface area contributed by atoms with Gasteiger partial charge < -0.3 is 9.72 Å². The number of aromatic nitrogens is 2. The fraction of sp³-hybridized carbons (Fsp3) is 0.263. The number of amides is 1. The number of fused-ring (bicyclic) bond motifs is 1. The van der Waals surface area contributed by atoms with Gasteiger partial charge in [0.2, 0.25) is 10.0 Å². The van der Waals surface area contributed by atoms with Crippen molar-refractivity contribution in [2.24, 2.45) is 0 Å². The zero-order valence-electron chi connectivity index (χ0n) is 14.7. The normalized spacial score (nSPS) is 15.3. The van der Waals surface area contributed by atoms with Crippen LogP contribution in [0.25, 0.3) is 5.65 Å². The molecule has 3 heterocycles. The number of hydrogen-bond acceptors (Lipinski definition) is 4. The van der Waals surface area contributed by atoms with Crippen LogP contribution in [0.15, 0.2) is 59.8 Å². The quantitative estimate of drug-likeness (QED) is 0.730. The summed E-state index contributed by atoms with van der Waals surface area (Å²) in [6.07, 6.45) is 5.49. The Morgan fingerprint density at radius 3 is 2.70 bits per heavy atom. The number of nitrogens with zero attached hydrogens (tertiary/aromatic N) is 3. The number of rotatable bonds is 5. The van der Waals surface area contributed by atoms with E-state index in [1.165, 1.54) is 16.4 Å². The molecule has 0 bridgehead atoms. The second-order valence-electron chi connectivity index (χ2n) is 6.52. The highest BCUT2D eigenvalue weighted by molar-refractivity contribution is 7.89. The average molecular weight is 384 g/mol. The summed E-state index contributed by atoms with van der Waals surface area (Å²) in [7, 11) is -3.54. The lowest BCUT2D eigenvalue weighted by atomic mass is 10.2. The van der Waals surface area contributed by atoms with E-state index in [0.717, 1.165) is 24.2 Å². The van der Waals surface area contributed by atoms with Crippen LogP contribution in [0.3, 0.4) is 0 Å². The Hall–Kier alpha value is -2.71. The molecule has 3 aromatic rings. The first-order chi connectivity index (χ1) is 13.0. The van der Waals surface area contributed by atoms with Gasteiger partial charge in [-0.25, -0.2) is 13.4 Å². The summed E-state index contributed by atoms with van der Waals surface area (Å²) in [6, 6.07) is 11.9. The Morgan fingerprint density at radius 1 is 1.11 bits per heavy atom. The third-order valence-electron chi connectivity index (χ3n) is 4.64. The van der Waals surface area contributed by atoms with Gasteiger partial charge in [-0.1, -0.05) is 12.1 Å². The molecule has 1 fully saturated rings. The lowest BCUT2D eigenvalue weighted by molar-refractivity contribution is 0.0950. The summed E-state index contributed by atoms with van der Waals surface area (Å²) in [4.78, 5) is 17.1. The topological polar surface area (TPSA) is 83.8 Å². The van der Waals surface area contributed by atoms with Crippen molar-refractivity contribution in [3.8, 4) is 0 Å². The Labute approximate surface area is 157 Å². The molecule has 0 unspecified atom stereocenters. The standard InChI is InChI=1S/C19H20N4O3S/c24-19(20-13-16-14-22-9-2-1-8-18(22)21-16)15-6-5-7-17(12-15)27(25,26)23-10-3-4-11-23/h1-2,5-9,12,14H,3-4,10-11,13H2,(H,20,24). The van der Waals surface area contributed by atoms with Gasteiger partial charge in [0.15, 0.2) is 0 Å². The first kappa shape index (κ1) is 17.7. The van der Waals surface area contributed by atoms with E-state index in [9.17, 15) is 13.2 Å². The fourth-order valence-electron chi connectivity index (χ4n) is 3.22. The number of pyridine rings is 1. The number of imidazole rings is 1. The predicted molar refractivity (Wildman–Crippen MR) is 101 cm³/mol. The van der Waals surface area contributed by atoms with E-state index in [0.29, 0.717) is 18.7 Å². The molecular formula is C19H20N4O3S. The first-order valence-corrected chi connectivity index (χ1v) is 10.3. The highest BCUT2D eigenvalue weighted by Gasteiger charge is 2.27. The van der Waals surface area contributed by atoms with Crippen molar-refractivity contribution >= 4 is 21.6 Å². The van der Waals surface area contributed by atoms with Crippen LogP contribution >= 0.6 is 0 Å². The number of carbonyl (C=O) groups is 1. The number of carbonyl (C=O) groups excluding carboxylic acids is 1.